The van der Waals surface area contributed by atoms with Crippen molar-refractivity contribution in [3.63, 3.8) is 0 Å². The second kappa shape index (κ2) is 3.23. The Morgan fingerprint density at radius 2 is 2.08 bits per heavy atom. The van der Waals surface area contributed by atoms with Gasteiger partial charge >= 0.3 is 0 Å². The second-order valence-electron chi connectivity index (χ2n) is 2.48. The molecule has 1 aromatic rings. The highest BCUT2D eigenvalue weighted by atomic mass is 16.1. The van der Waals surface area contributed by atoms with Crippen molar-refractivity contribution in [2.24, 2.45) is 11.5 Å². The number of carbonyl (C=O) groups is 1. The van der Waals surface area contributed by atoms with Crippen LogP contribution in [0.3, 0.4) is 0 Å². The lowest BCUT2D eigenvalue weighted by Crippen LogP contribution is -2.12. The molecule has 0 saturated heterocycles. The molecule has 4 nitrogen and oxygen atoms in total. The second-order valence-corrected chi connectivity index (χ2v) is 2.48. The third kappa shape index (κ3) is 1.54. The minimum Gasteiger partial charge on any atom is -0.398 e. The minimum absolute atomic E-state index is 0.366. The van der Waals surface area contributed by atoms with Crippen LogP contribution in [0.2, 0.25) is 0 Å². The molecule has 1 amide bonds. The number of nitrogens with two attached hydrogens (primary N) is 3. The standard InChI is InChI=1S/C8H11N3O/c9-4-6-2-1-5(8(11)12)3-7(6)10/h1-3H,4,9-10H2,(H2,11,12). The van der Waals surface area contributed by atoms with Crippen molar-refractivity contribution in [1.82, 2.24) is 0 Å². The van der Waals surface area contributed by atoms with Crippen molar-refractivity contribution in [2.75, 3.05) is 5.73 Å². The molecular weight excluding hydrogens is 154 g/mol. The van der Waals surface area contributed by atoms with Gasteiger partial charge in [-0.2, -0.15) is 0 Å². The first-order chi connectivity index (χ1) is 5.65. The van der Waals surface area contributed by atoms with E-state index in [4.69, 9.17) is 17.2 Å². The Kier molecular flexibility index (Phi) is 2.30. The van der Waals surface area contributed by atoms with Gasteiger partial charge in [-0.1, -0.05) is 6.07 Å². The number of anilines is 1. The van der Waals surface area contributed by atoms with Crippen molar-refractivity contribution >= 4 is 11.6 Å². The van der Waals surface area contributed by atoms with Crippen LogP contribution >= 0.6 is 0 Å². The van der Waals surface area contributed by atoms with Crippen molar-refractivity contribution in [3.05, 3.63) is 29.3 Å². The molecule has 0 aliphatic carbocycles. The quantitative estimate of drug-likeness (QED) is 0.531. The van der Waals surface area contributed by atoms with Gasteiger partial charge in [-0.05, 0) is 17.7 Å². The predicted molar refractivity (Wildman–Crippen MR) is 47.3 cm³/mol. The highest BCUT2D eigenvalue weighted by molar-refractivity contribution is 5.93. The largest absolute Gasteiger partial charge is 0.398 e. The number of primary amides is 1. The first-order valence-electron chi connectivity index (χ1n) is 3.53. The number of benzene rings is 1. The van der Waals surface area contributed by atoms with Gasteiger partial charge in [-0.3, -0.25) is 4.79 Å². The van der Waals surface area contributed by atoms with Crippen LogP contribution < -0.4 is 17.2 Å². The molecule has 0 heterocycles. The van der Waals surface area contributed by atoms with E-state index in [0.717, 1.165) is 5.56 Å². The summed E-state index contributed by atoms with van der Waals surface area (Å²) >= 11 is 0. The van der Waals surface area contributed by atoms with E-state index in [1.165, 1.54) is 6.07 Å². The van der Waals surface area contributed by atoms with Crippen molar-refractivity contribution < 1.29 is 4.79 Å². The van der Waals surface area contributed by atoms with Gasteiger partial charge in [0, 0.05) is 17.8 Å². The Labute approximate surface area is 70.3 Å². The molecule has 1 aromatic carbocycles. The smallest absolute Gasteiger partial charge is 0.248 e. The van der Waals surface area contributed by atoms with E-state index in [2.05, 4.69) is 0 Å². The van der Waals surface area contributed by atoms with Crippen LogP contribution in [0.15, 0.2) is 18.2 Å². The van der Waals surface area contributed by atoms with Crippen LogP contribution in [-0.4, -0.2) is 5.91 Å². The van der Waals surface area contributed by atoms with E-state index >= 15 is 0 Å². The summed E-state index contributed by atoms with van der Waals surface area (Å²) in [5.74, 6) is -0.481. The molecule has 0 unspecified atom stereocenters. The summed E-state index contributed by atoms with van der Waals surface area (Å²) < 4.78 is 0. The third-order valence-corrected chi connectivity index (χ3v) is 1.65. The number of carbonyl (C=O) groups excluding carboxylic acids is 1. The van der Waals surface area contributed by atoms with Gasteiger partial charge in [-0.15, -0.1) is 0 Å². The van der Waals surface area contributed by atoms with E-state index < -0.39 is 5.91 Å². The number of nitrogen functional groups attached to an aromatic ring is 1. The molecule has 0 bridgehead atoms. The lowest BCUT2D eigenvalue weighted by molar-refractivity contribution is 0.100. The summed E-state index contributed by atoms with van der Waals surface area (Å²) in [7, 11) is 0. The molecule has 0 radical (unpaired) electrons. The van der Waals surface area contributed by atoms with Gasteiger partial charge in [0.05, 0.1) is 0 Å². The fourth-order valence-electron chi connectivity index (χ4n) is 0.934. The van der Waals surface area contributed by atoms with Crippen LogP contribution in [0.25, 0.3) is 0 Å². The monoisotopic (exact) mass is 165 g/mol. The van der Waals surface area contributed by atoms with Crippen LogP contribution in [-0.2, 0) is 6.54 Å². The summed E-state index contributed by atoms with van der Waals surface area (Å²) in [6.45, 7) is 0.366. The lowest BCUT2D eigenvalue weighted by Gasteiger charge is -2.03. The molecule has 0 aliphatic rings. The van der Waals surface area contributed by atoms with Crippen LogP contribution in [0.1, 0.15) is 15.9 Å². The number of rotatable bonds is 2. The zero-order valence-electron chi connectivity index (χ0n) is 6.58. The van der Waals surface area contributed by atoms with Crippen molar-refractivity contribution in [2.45, 2.75) is 6.54 Å². The summed E-state index contributed by atoms with van der Waals surface area (Å²) in [4.78, 5) is 10.7. The van der Waals surface area contributed by atoms with E-state index in [0.29, 0.717) is 17.8 Å². The fraction of sp³-hybridized carbons (Fsp3) is 0.125. The maximum absolute atomic E-state index is 10.7. The Morgan fingerprint density at radius 1 is 1.42 bits per heavy atom. The van der Waals surface area contributed by atoms with Crippen LogP contribution in [0.5, 0.6) is 0 Å². The van der Waals surface area contributed by atoms with Gasteiger partial charge in [0.2, 0.25) is 5.91 Å². The highest BCUT2D eigenvalue weighted by Crippen LogP contribution is 2.12. The van der Waals surface area contributed by atoms with E-state index in [1.54, 1.807) is 12.1 Å². The first-order valence-corrected chi connectivity index (χ1v) is 3.53. The molecule has 4 heteroatoms. The molecule has 0 aromatic heterocycles. The fourth-order valence-corrected chi connectivity index (χ4v) is 0.934. The molecule has 64 valence electrons. The molecule has 0 spiro atoms. The summed E-state index contributed by atoms with van der Waals surface area (Å²) in [6.07, 6.45) is 0. The number of amides is 1. The number of hydrogen-bond donors (Lipinski definition) is 3. The van der Waals surface area contributed by atoms with Gasteiger partial charge in [0.15, 0.2) is 0 Å². The van der Waals surface area contributed by atoms with E-state index in [-0.39, 0.29) is 0 Å². The highest BCUT2D eigenvalue weighted by Gasteiger charge is 2.02. The number of hydrogen-bond acceptors (Lipinski definition) is 3. The minimum atomic E-state index is -0.481. The van der Waals surface area contributed by atoms with E-state index in [9.17, 15) is 4.79 Å². The Hall–Kier alpha value is -1.55. The molecule has 0 fully saturated rings. The summed E-state index contributed by atoms with van der Waals surface area (Å²) in [6, 6.07) is 4.85. The molecule has 6 N–H and O–H groups in total. The molecule has 12 heavy (non-hydrogen) atoms. The van der Waals surface area contributed by atoms with Crippen LogP contribution in [0.4, 0.5) is 5.69 Å². The van der Waals surface area contributed by atoms with Crippen LogP contribution in [0, 0.1) is 0 Å². The van der Waals surface area contributed by atoms with Gasteiger partial charge in [-0.25, -0.2) is 0 Å². The van der Waals surface area contributed by atoms with Gasteiger partial charge in [0.25, 0.3) is 0 Å². The van der Waals surface area contributed by atoms with Crippen molar-refractivity contribution in [3.8, 4) is 0 Å². The summed E-state index contributed by atoms with van der Waals surface area (Å²) in [5, 5.41) is 0. The molecule has 0 atom stereocenters. The lowest BCUT2D eigenvalue weighted by atomic mass is 10.1. The molecule has 1 rings (SSSR count). The molecule has 0 saturated carbocycles. The zero-order chi connectivity index (χ0) is 9.14. The van der Waals surface area contributed by atoms with Gasteiger partial charge < -0.3 is 17.2 Å². The van der Waals surface area contributed by atoms with Crippen molar-refractivity contribution in [1.29, 1.82) is 0 Å². The molecular formula is C8H11N3O. The topological polar surface area (TPSA) is 95.1 Å². The normalized spacial score (nSPS) is 9.75. The average molecular weight is 165 g/mol. The maximum atomic E-state index is 10.7. The van der Waals surface area contributed by atoms with Gasteiger partial charge in [0.1, 0.15) is 0 Å². The average Bonchev–Trinajstić information content (AvgIpc) is 2.04. The Morgan fingerprint density at radius 3 is 2.50 bits per heavy atom. The SMILES string of the molecule is NCc1ccc(C(N)=O)cc1N. The Balaban J connectivity index is 3.10. The predicted octanol–water partition coefficient (Wildman–Crippen LogP) is -0.174. The maximum Gasteiger partial charge on any atom is 0.248 e. The first kappa shape index (κ1) is 8.55. The summed E-state index contributed by atoms with van der Waals surface area (Å²) in [5.41, 5.74) is 17.7. The third-order valence-electron chi connectivity index (χ3n) is 1.65. The zero-order valence-corrected chi connectivity index (χ0v) is 6.58. The van der Waals surface area contributed by atoms with E-state index in [1.807, 2.05) is 0 Å². The Bertz CT molecular complexity index is 309. The molecule has 0 aliphatic heterocycles.